The lowest BCUT2D eigenvalue weighted by atomic mass is 10.0. The van der Waals surface area contributed by atoms with Gasteiger partial charge in [-0.25, -0.2) is 4.98 Å². The van der Waals surface area contributed by atoms with Crippen molar-refractivity contribution in [3.8, 4) is 11.3 Å². The predicted octanol–water partition coefficient (Wildman–Crippen LogP) is 4.30. The average Bonchev–Trinajstić information content (AvgIpc) is 2.54. The molecule has 3 rings (SSSR count). The van der Waals surface area contributed by atoms with Crippen LogP contribution < -0.4 is 5.32 Å². The van der Waals surface area contributed by atoms with Crippen molar-refractivity contribution < 1.29 is 4.79 Å². The van der Waals surface area contributed by atoms with Crippen LogP contribution in [0.4, 0.5) is 0 Å². The number of benzene rings is 2. The van der Waals surface area contributed by atoms with E-state index in [-0.39, 0.29) is 5.91 Å². The Morgan fingerprint density at radius 3 is 2.64 bits per heavy atom. The molecule has 3 aromatic rings. The molecular weight excluding hydrogens is 296 g/mol. The van der Waals surface area contributed by atoms with Gasteiger partial charge in [-0.3, -0.25) is 4.79 Å². The zero-order valence-corrected chi connectivity index (χ0v) is 12.9. The van der Waals surface area contributed by atoms with Crippen molar-refractivity contribution in [2.24, 2.45) is 0 Å². The van der Waals surface area contributed by atoms with E-state index < -0.39 is 0 Å². The highest BCUT2D eigenvalue weighted by atomic mass is 35.5. The molecule has 1 aromatic heterocycles. The quantitative estimate of drug-likeness (QED) is 0.783. The van der Waals surface area contributed by atoms with Gasteiger partial charge in [-0.05, 0) is 25.1 Å². The maximum atomic E-state index is 12.4. The first-order chi connectivity index (χ1) is 10.7. The first-order valence-electron chi connectivity index (χ1n) is 7.13. The number of fused-ring (bicyclic) bond motifs is 1. The average molecular weight is 311 g/mol. The number of carbonyl (C=O) groups excluding carboxylic acids is 1. The summed E-state index contributed by atoms with van der Waals surface area (Å²) < 4.78 is 0. The van der Waals surface area contributed by atoms with Crippen molar-refractivity contribution in [2.45, 2.75) is 6.92 Å². The van der Waals surface area contributed by atoms with Gasteiger partial charge in [0.05, 0.1) is 16.8 Å². The molecule has 0 aliphatic carbocycles. The number of hydrogen-bond acceptors (Lipinski definition) is 2. The lowest BCUT2D eigenvalue weighted by molar-refractivity contribution is 0.0957. The van der Waals surface area contributed by atoms with E-state index in [0.717, 1.165) is 16.5 Å². The fraction of sp³-hybridized carbons (Fsp3) is 0.111. The lowest BCUT2D eigenvalue weighted by Crippen LogP contribution is -2.23. The smallest absolute Gasteiger partial charge is 0.252 e. The SMILES string of the molecule is CCNC(=O)c1cc(-c2ccccc2Cl)nc2ccccc12. The highest BCUT2D eigenvalue weighted by molar-refractivity contribution is 6.33. The van der Waals surface area contributed by atoms with E-state index in [1.165, 1.54) is 0 Å². The summed E-state index contributed by atoms with van der Waals surface area (Å²) in [6.07, 6.45) is 0. The predicted molar refractivity (Wildman–Crippen MR) is 90.2 cm³/mol. The van der Waals surface area contributed by atoms with E-state index in [9.17, 15) is 4.79 Å². The van der Waals surface area contributed by atoms with Gasteiger partial charge in [-0.1, -0.05) is 48.0 Å². The van der Waals surface area contributed by atoms with Crippen LogP contribution in [0.25, 0.3) is 22.2 Å². The van der Waals surface area contributed by atoms with Crippen molar-refractivity contribution in [2.75, 3.05) is 6.54 Å². The molecule has 0 radical (unpaired) electrons. The Balaban J connectivity index is 2.25. The van der Waals surface area contributed by atoms with Gasteiger partial charge in [-0.15, -0.1) is 0 Å². The minimum Gasteiger partial charge on any atom is -0.352 e. The molecule has 4 heteroatoms. The molecule has 1 amide bonds. The standard InChI is InChI=1S/C18H15ClN2O/c1-2-20-18(22)14-11-17(13-8-3-5-9-15(13)19)21-16-10-6-4-7-12(14)16/h3-11H,2H2,1H3,(H,20,22). The van der Waals surface area contributed by atoms with Crippen LogP contribution in [0.2, 0.25) is 5.02 Å². The van der Waals surface area contributed by atoms with Gasteiger partial charge in [0, 0.05) is 22.5 Å². The van der Waals surface area contributed by atoms with Crippen LogP contribution in [-0.4, -0.2) is 17.4 Å². The fourth-order valence-electron chi connectivity index (χ4n) is 2.43. The Morgan fingerprint density at radius 2 is 1.86 bits per heavy atom. The molecule has 1 N–H and O–H groups in total. The molecule has 0 aliphatic rings. The monoisotopic (exact) mass is 310 g/mol. The van der Waals surface area contributed by atoms with Gasteiger partial charge in [0.15, 0.2) is 0 Å². The second kappa shape index (κ2) is 6.16. The molecule has 0 bridgehead atoms. The van der Waals surface area contributed by atoms with Crippen LogP contribution in [0.15, 0.2) is 54.6 Å². The van der Waals surface area contributed by atoms with Gasteiger partial charge in [0.1, 0.15) is 0 Å². The van der Waals surface area contributed by atoms with Crippen LogP contribution >= 0.6 is 11.6 Å². The second-order valence-electron chi connectivity index (χ2n) is 4.91. The minimum absolute atomic E-state index is 0.102. The van der Waals surface area contributed by atoms with Gasteiger partial charge >= 0.3 is 0 Å². The first kappa shape index (κ1) is 14.5. The molecule has 2 aromatic carbocycles. The number of hydrogen-bond donors (Lipinski definition) is 1. The van der Waals surface area contributed by atoms with Crippen molar-refractivity contribution in [3.05, 3.63) is 65.2 Å². The summed E-state index contributed by atoms with van der Waals surface area (Å²) in [4.78, 5) is 17.0. The molecule has 110 valence electrons. The van der Waals surface area contributed by atoms with E-state index in [4.69, 9.17) is 11.6 Å². The summed E-state index contributed by atoms with van der Waals surface area (Å²) in [5, 5.41) is 4.30. The summed E-state index contributed by atoms with van der Waals surface area (Å²) >= 11 is 6.26. The second-order valence-corrected chi connectivity index (χ2v) is 5.32. The first-order valence-corrected chi connectivity index (χ1v) is 7.51. The fourth-order valence-corrected chi connectivity index (χ4v) is 2.66. The zero-order valence-electron chi connectivity index (χ0n) is 12.1. The minimum atomic E-state index is -0.102. The Bertz CT molecular complexity index is 845. The third kappa shape index (κ3) is 2.68. The number of nitrogens with zero attached hydrogens (tertiary/aromatic N) is 1. The van der Waals surface area contributed by atoms with Crippen LogP contribution in [0.3, 0.4) is 0 Å². The van der Waals surface area contributed by atoms with Gasteiger partial charge in [0.25, 0.3) is 5.91 Å². The van der Waals surface area contributed by atoms with Crippen molar-refractivity contribution in [1.29, 1.82) is 0 Å². The number of pyridine rings is 1. The topological polar surface area (TPSA) is 42.0 Å². The van der Waals surface area contributed by atoms with E-state index in [1.807, 2.05) is 55.5 Å². The molecular formula is C18H15ClN2O. The Labute approximate surface area is 133 Å². The normalized spacial score (nSPS) is 10.6. The maximum absolute atomic E-state index is 12.4. The number of rotatable bonds is 3. The lowest BCUT2D eigenvalue weighted by Gasteiger charge is -2.10. The molecule has 0 unspecified atom stereocenters. The molecule has 0 spiro atoms. The Morgan fingerprint density at radius 1 is 1.14 bits per heavy atom. The van der Waals surface area contributed by atoms with Crippen LogP contribution in [0.1, 0.15) is 17.3 Å². The molecule has 22 heavy (non-hydrogen) atoms. The van der Waals surface area contributed by atoms with Gasteiger partial charge in [0.2, 0.25) is 0 Å². The highest BCUT2D eigenvalue weighted by Gasteiger charge is 2.14. The summed E-state index contributed by atoms with van der Waals surface area (Å²) in [5.74, 6) is -0.102. The van der Waals surface area contributed by atoms with E-state index in [2.05, 4.69) is 10.3 Å². The van der Waals surface area contributed by atoms with Crippen LogP contribution in [0.5, 0.6) is 0 Å². The molecule has 3 nitrogen and oxygen atoms in total. The highest BCUT2D eigenvalue weighted by Crippen LogP contribution is 2.29. The van der Waals surface area contributed by atoms with Crippen molar-refractivity contribution in [3.63, 3.8) is 0 Å². The molecule has 1 heterocycles. The van der Waals surface area contributed by atoms with Crippen molar-refractivity contribution >= 4 is 28.4 Å². The molecule has 0 aliphatic heterocycles. The van der Waals surface area contributed by atoms with E-state index in [1.54, 1.807) is 6.07 Å². The maximum Gasteiger partial charge on any atom is 0.252 e. The zero-order chi connectivity index (χ0) is 15.5. The summed E-state index contributed by atoms with van der Waals surface area (Å²) in [6, 6.07) is 16.9. The number of aromatic nitrogens is 1. The third-order valence-corrected chi connectivity index (χ3v) is 3.78. The number of carbonyl (C=O) groups is 1. The Hall–Kier alpha value is -2.39. The molecule has 0 saturated heterocycles. The van der Waals surface area contributed by atoms with Gasteiger partial charge < -0.3 is 5.32 Å². The van der Waals surface area contributed by atoms with E-state index in [0.29, 0.717) is 22.8 Å². The summed E-state index contributed by atoms with van der Waals surface area (Å²) in [7, 11) is 0. The van der Waals surface area contributed by atoms with E-state index >= 15 is 0 Å². The summed E-state index contributed by atoms with van der Waals surface area (Å²) in [6.45, 7) is 2.48. The third-order valence-electron chi connectivity index (χ3n) is 3.45. The van der Waals surface area contributed by atoms with Gasteiger partial charge in [-0.2, -0.15) is 0 Å². The number of nitrogens with one attached hydrogen (secondary N) is 1. The number of halogens is 1. The summed E-state index contributed by atoms with van der Waals surface area (Å²) in [5.41, 5.74) is 2.91. The van der Waals surface area contributed by atoms with Crippen LogP contribution in [-0.2, 0) is 0 Å². The van der Waals surface area contributed by atoms with Crippen molar-refractivity contribution in [1.82, 2.24) is 10.3 Å². The number of amides is 1. The van der Waals surface area contributed by atoms with Crippen LogP contribution in [0, 0.1) is 0 Å². The largest absolute Gasteiger partial charge is 0.352 e. The molecule has 0 atom stereocenters. The number of para-hydroxylation sites is 1. The molecule has 0 fully saturated rings. The Kier molecular flexibility index (Phi) is 4.07. The molecule has 0 saturated carbocycles.